The Morgan fingerprint density at radius 1 is 1.39 bits per heavy atom. The van der Waals surface area contributed by atoms with Crippen LogP contribution in [0.2, 0.25) is 0 Å². The van der Waals surface area contributed by atoms with E-state index in [1.165, 1.54) is 19.3 Å². The maximum atomic E-state index is 10.1. The monoisotopic (exact) mass is 311 g/mol. The minimum absolute atomic E-state index is 0.374. The maximum Gasteiger partial charge on any atom is 0.134 e. The number of rotatable bonds is 2. The van der Waals surface area contributed by atoms with Crippen LogP contribution in [0.25, 0.3) is 0 Å². The molecule has 4 heteroatoms. The molecule has 3 nitrogen and oxygen atoms in total. The van der Waals surface area contributed by atoms with Crippen LogP contribution >= 0.6 is 15.9 Å². The van der Waals surface area contributed by atoms with Crippen molar-refractivity contribution in [2.75, 3.05) is 13.2 Å². The zero-order chi connectivity index (χ0) is 12.5. The number of hydrogen-bond acceptors (Lipinski definition) is 3. The second-order valence-corrected chi connectivity index (χ2v) is 5.98. The Kier molecular flexibility index (Phi) is 3.59. The van der Waals surface area contributed by atoms with Crippen molar-refractivity contribution in [2.24, 2.45) is 0 Å². The van der Waals surface area contributed by atoms with Gasteiger partial charge in [-0.2, -0.15) is 0 Å². The van der Waals surface area contributed by atoms with Crippen LogP contribution in [0.3, 0.4) is 0 Å². The lowest BCUT2D eigenvalue weighted by atomic mass is 10.1. The summed E-state index contributed by atoms with van der Waals surface area (Å²) in [6.07, 6.45) is 4.08. The van der Waals surface area contributed by atoms with Gasteiger partial charge in [-0.3, -0.25) is 4.90 Å². The lowest BCUT2D eigenvalue weighted by Crippen LogP contribution is -2.47. The van der Waals surface area contributed by atoms with Gasteiger partial charge in [0, 0.05) is 24.7 Å². The van der Waals surface area contributed by atoms with Gasteiger partial charge in [-0.25, -0.2) is 0 Å². The lowest BCUT2D eigenvalue weighted by molar-refractivity contribution is -0.0590. The molecule has 2 atom stereocenters. The molecule has 1 aliphatic heterocycles. The molecule has 1 aromatic rings. The molecule has 0 bridgehead atoms. The van der Waals surface area contributed by atoms with Crippen molar-refractivity contribution in [3.8, 4) is 5.75 Å². The highest BCUT2D eigenvalue weighted by atomic mass is 79.9. The number of ether oxygens (including phenoxy) is 1. The summed E-state index contributed by atoms with van der Waals surface area (Å²) < 4.78 is 6.58. The summed E-state index contributed by atoms with van der Waals surface area (Å²) in [5.41, 5.74) is 0.997. The quantitative estimate of drug-likeness (QED) is 0.911. The molecule has 2 unspecified atom stereocenters. The summed E-state index contributed by atoms with van der Waals surface area (Å²) >= 11 is 3.37. The van der Waals surface area contributed by atoms with Gasteiger partial charge in [0.2, 0.25) is 0 Å². The van der Waals surface area contributed by atoms with Gasteiger partial charge in [0.25, 0.3) is 0 Å². The maximum absolute atomic E-state index is 10.1. The van der Waals surface area contributed by atoms with E-state index in [9.17, 15) is 5.11 Å². The Balaban J connectivity index is 1.77. The van der Waals surface area contributed by atoms with Crippen LogP contribution in [0.4, 0.5) is 0 Å². The van der Waals surface area contributed by atoms with Gasteiger partial charge >= 0.3 is 0 Å². The molecule has 1 heterocycles. The predicted octanol–water partition coefficient (Wildman–Crippen LogP) is 2.91. The highest BCUT2D eigenvalue weighted by molar-refractivity contribution is 9.10. The molecule has 1 aliphatic carbocycles. The number of morpholine rings is 1. The summed E-state index contributed by atoms with van der Waals surface area (Å²) in [4.78, 5) is 2.46. The molecule has 0 spiro atoms. The third-order valence-corrected chi connectivity index (χ3v) is 4.68. The van der Waals surface area contributed by atoms with E-state index in [1.54, 1.807) is 0 Å². The largest absolute Gasteiger partial charge is 0.506 e. The smallest absolute Gasteiger partial charge is 0.134 e. The van der Waals surface area contributed by atoms with Crippen molar-refractivity contribution in [1.29, 1.82) is 0 Å². The van der Waals surface area contributed by atoms with E-state index < -0.39 is 0 Å². The normalized spacial score (nSPS) is 28.3. The molecular weight excluding hydrogens is 294 g/mol. The van der Waals surface area contributed by atoms with E-state index in [0.717, 1.165) is 29.7 Å². The van der Waals surface area contributed by atoms with Crippen LogP contribution in [0.1, 0.15) is 24.8 Å². The van der Waals surface area contributed by atoms with Gasteiger partial charge in [0.1, 0.15) is 5.75 Å². The second-order valence-electron chi connectivity index (χ2n) is 5.13. The van der Waals surface area contributed by atoms with Gasteiger partial charge < -0.3 is 9.84 Å². The highest BCUT2D eigenvalue weighted by Gasteiger charge is 2.36. The Hall–Kier alpha value is -0.580. The summed E-state index contributed by atoms with van der Waals surface area (Å²) in [5.74, 6) is 0.374. The van der Waals surface area contributed by atoms with Crippen LogP contribution < -0.4 is 0 Å². The van der Waals surface area contributed by atoms with Crippen molar-refractivity contribution in [3.63, 3.8) is 0 Å². The molecule has 1 saturated heterocycles. The fourth-order valence-electron chi connectivity index (χ4n) is 3.11. The average Bonchev–Trinajstić information content (AvgIpc) is 2.84. The molecule has 0 aromatic heterocycles. The van der Waals surface area contributed by atoms with Gasteiger partial charge in [-0.15, -0.1) is 0 Å². The highest BCUT2D eigenvalue weighted by Crippen LogP contribution is 2.33. The third kappa shape index (κ3) is 2.29. The summed E-state index contributed by atoms with van der Waals surface area (Å²) in [6.45, 7) is 2.60. The third-order valence-electron chi connectivity index (χ3n) is 4.04. The van der Waals surface area contributed by atoms with Crippen molar-refractivity contribution < 1.29 is 9.84 Å². The number of fused-ring (bicyclic) bond motifs is 1. The first-order chi connectivity index (χ1) is 8.75. The first-order valence-corrected chi connectivity index (χ1v) is 7.37. The van der Waals surface area contributed by atoms with E-state index in [-0.39, 0.29) is 0 Å². The lowest BCUT2D eigenvalue weighted by Gasteiger charge is -2.37. The first kappa shape index (κ1) is 12.5. The molecule has 2 aliphatic rings. The Labute approximate surface area is 116 Å². The molecule has 18 heavy (non-hydrogen) atoms. The van der Waals surface area contributed by atoms with E-state index in [0.29, 0.717) is 17.9 Å². The first-order valence-electron chi connectivity index (χ1n) is 6.58. The molecule has 0 amide bonds. The van der Waals surface area contributed by atoms with Gasteiger partial charge in [-0.05, 0) is 41.3 Å². The average molecular weight is 312 g/mol. The molecule has 3 rings (SSSR count). The summed E-state index contributed by atoms with van der Waals surface area (Å²) in [6, 6.07) is 6.39. The fraction of sp³-hybridized carbons (Fsp3) is 0.571. The molecule has 2 fully saturated rings. The molecule has 1 aromatic carbocycles. The van der Waals surface area contributed by atoms with E-state index in [4.69, 9.17) is 4.74 Å². The number of phenolic OH excluding ortho intramolecular Hbond substituents is 1. The van der Waals surface area contributed by atoms with Crippen LogP contribution in [0.5, 0.6) is 5.75 Å². The molecule has 1 saturated carbocycles. The number of hydrogen-bond donors (Lipinski definition) is 1. The molecule has 1 N–H and O–H groups in total. The number of benzene rings is 1. The minimum Gasteiger partial charge on any atom is -0.506 e. The minimum atomic E-state index is 0.374. The number of para-hydroxylation sites is 1. The van der Waals surface area contributed by atoms with E-state index >= 15 is 0 Å². The van der Waals surface area contributed by atoms with Gasteiger partial charge in [0.05, 0.1) is 17.2 Å². The van der Waals surface area contributed by atoms with E-state index in [1.807, 2.05) is 18.2 Å². The van der Waals surface area contributed by atoms with Crippen LogP contribution in [-0.2, 0) is 11.3 Å². The SMILES string of the molecule is Oc1c(Br)cccc1CN1CCOC2CCCC21. The van der Waals surface area contributed by atoms with Gasteiger partial charge in [-0.1, -0.05) is 12.1 Å². The summed E-state index contributed by atoms with van der Waals surface area (Å²) in [7, 11) is 0. The standard InChI is InChI=1S/C14H18BrNO2/c15-11-4-1-3-10(14(11)17)9-16-7-8-18-13-6-2-5-12(13)16/h1,3-4,12-13,17H,2,5-9H2. The number of phenols is 1. The van der Waals surface area contributed by atoms with Crippen molar-refractivity contribution in [2.45, 2.75) is 38.0 Å². The van der Waals surface area contributed by atoms with Crippen molar-refractivity contribution in [3.05, 3.63) is 28.2 Å². The molecule has 98 valence electrons. The van der Waals surface area contributed by atoms with Crippen LogP contribution in [0, 0.1) is 0 Å². The Morgan fingerprint density at radius 3 is 3.17 bits per heavy atom. The van der Waals surface area contributed by atoms with Crippen LogP contribution in [0.15, 0.2) is 22.7 Å². The summed E-state index contributed by atoms with van der Waals surface area (Å²) in [5, 5.41) is 10.1. The number of halogens is 1. The van der Waals surface area contributed by atoms with E-state index in [2.05, 4.69) is 20.8 Å². The van der Waals surface area contributed by atoms with Crippen molar-refractivity contribution in [1.82, 2.24) is 4.90 Å². The fourth-order valence-corrected chi connectivity index (χ4v) is 3.52. The Bertz CT molecular complexity index is 438. The number of aromatic hydroxyl groups is 1. The number of nitrogens with zero attached hydrogens (tertiary/aromatic N) is 1. The Morgan fingerprint density at radius 2 is 2.28 bits per heavy atom. The second kappa shape index (κ2) is 5.19. The van der Waals surface area contributed by atoms with Crippen molar-refractivity contribution >= 4 is 15.9 Å². The van der Waals surface area contributed by atoms with Crippen LogP contribution in [-0.4, -0.2) is 35.3 Å². The predicted molar refractivity (Wildman–Crippen MR) is 73.6 cm³/mol. The molecular formula is C14H18BrNO2. The topological polar surface area (TPSA) is 32.7 Å². The van der Waals surface area contributed by atoms with Gasteiger partial charge in [0.15, 0.2) is 0 Å². The zero-order valence-electron chi connectivity index (χ0n) is 10.3. The zero-order valence-corrected chi connectivity index (χ0v) is 11.9. The molecule has 0 radical (unpaired) electrons.